The molecular weight excluding hydrogens is 210 g/mol. The molecule has 0 aromatic heterocycles. The summed E-state index contributed by atoms with van der Waals surface area (Å²) in [6.45, 7) is 2.17. The predicted octanol–water partition coefficient (Wildman–Crippen LogP) is 2.45. The number of nitrogens with two attached hydrogens (primary N) is 1. The van der Waals surface area contributed by atoms with Gasteiger partial charge in [-0.1, -0.05) is 32.6 Å². The second kappa shape index (κ2) is 9.04. The Morgan fingerprint density at radius 1 is 1.27 bits per heavy atom. The van der Waals surface area contributed by atoms with E-state index >= 15 is 0 Å². The lowest BCUT2D eigenvalue weighted by Gasteiger charge is -2.10. The summed E-state index contributed by atoms with van der Waals surface area (Å²) in [5.41, 5.74) is 5.39. The van der Waals surface area contributed by atoms with Crippen LogP contribution in [0.1, 0.15) is 51.9 Å². The quantitative estimate of drug-likeness (QED) is 0.423. The fraction of sp³-hybridized carbons (Fsp3) is 0.909. The standard InChI is InChI=1S/C11H23NO2S/c1-2-3-6-9(15)7-4-5-8-10(12)11(13)14/h9-10,15H,2-8,12H2,1H3,(H,13,14). The lowest BCUT2D eigenvalue weighted by atomic mass is 10.1. The SMILES string of the molecule is CCCCC(S)CCCCC(N)C(=O)O. The Morgan fingerprint density at radius 3 is 2.33 bits per heavy atom. The summed E-state index contributed by atoms with van der Waals surface area (Å²) in [7, 11) is 0. The van der Waals surface area contributed by atoms with Gasteiger partial charge in [-0.25, -0.2) is 0 Å². The highest BCUT2D eigenvalue weighted by Crippen LogP contribution is 2.15. The third kappa shape index (κ3) is 8.75. The summed E-state index contributed by atoms with van der Waals surface area (Å²) in [6, 6.07) is -0.695. The lowest BCUT2D eigenvalue weighted by Crippen LogP contribution is -2.29. The highest BCUT2D eigenvalue weighted by atomic mass is 32.1. The maximum absolute atomic E-state index is 10.4. The van der Waals surface area contributed by atoms with E-state index in [-0.39, 0.29) is 0 Å². The molecule has 0 fully saturated rings. The first-order chi connectivity index (χ1) is 7.07. The number of carboxylic acid groups (broad SMARTS) is 1. The van der Waals surface area contributed by atoms with Crippen molar-refractivity contribution in [2.75, 3.05) is 0 Å². The van der Waals surface area contributed by atoms with Crippen molar-refractivity contribution in [2.24, 2.45) is 5.73 Å². The first-order valence-corrected chi connectivity index (χ1v) is 6.26. The second-order valence-electron chi connectivity index (χ2n) is 4.03. The van der Waals surface area contributed by atoms with Crippen LogP contribution in [-0.2, 0) is 4.79 Å². The van der Waals surface area contributed by atoms with Crippen molar-refractivity contribution in [3.8, 4) is 0 Å². The average molecular weight is 233 g/mol. The molecule has 3 nitrogen and oxygen atoms in total. The van der Waals surface area contributed by atoms with E-state index in [1.807, 2.05) is 0 Å². The van der Waals surface area contributed by atoms with Crippen LogP contribution >= 0.6 is 12.6 Å². The normalized spacial score (nSPS) is 14.9. The molecule has 3 N–H and O–H groups in total. The fourth-order valence-electron chi connectivity index (χ4n) is 1.45. The minimum atomic E-state index is -0.900. The topological polar surface area (TPSA) is 63.3 Å². The van der Waals surface area contributed by atoms with Crippen molar-refractivity contribution < 1.29 is 9.90 Å². The van der Waals surface area contributed by atoms with E-state index in [1.54, 1.807) is 0 Å². The van der Waals surface area contributed by atoms with Gasteiger partial charge in [-0.3, -0.25) is 4.79 Å². The Morgan fingerprint density at radius 2 is 1.80 bits per heavy atom. The molecule has 0 heterocycles. The number of carboxylic acids is 1. The molecule has 0 saturated heterocycles. The molecular formula is C11H23NO2S. The summed E-state index contributed by atoms with van der Waals surface area (Å²) in [5.74, 6) is -0.900. The molecule has 0 saturated carbocycles. The molecule has 0 bridgehead atoms. The van der Waals surface area contributed by atoms with E-state index in [4.69, 9.17) is 10.8 Å². The summed E-state index contributed by atoms with van der Waals surface area (Å²) in [6.07, 6.45) is 7.14. The van der Waals surface area contributed by atoms with Crippen molar-refractivity contribution in [1.29, 1.82) is 0 Å². The Balaban J connectivity index is 3.33. The predicted molar refractivity (Wildman–Crippen MR) is 66.4 cm³/mol. The molecule has 0 aliphatic heterocycles. The maximum atomic E-state index is 10.4. The van der Waals surface area contributed by atoms with Crippen molar-refractivity contribution in [3.05, 3.63) is 0 Å². The van der Waals surface area contributed by atoms with Gasteiger partial charge in [0.05, 0.1) is 0 Å². The van der Waals surface area contributed by atoms with Crippen LogP contribution < -0.4 is 5.73 Å². The minimum Gasteiger partial charge on any atom is -0.480 e. The van der Waals surface area contributed by atoms with Gasteiger partial charge in [0.15, 0.2) is 0 Å². The van der Waals surface area contributed by atoms with E-state index in [1.165, 1.54) is 12.8 Å². The van der Waals surface area contributed by atoms with E-state index in [0.717, 1.165) is 25.7 Å². The van der Waals surface area contributed by atoms with Crippen LogP contribution in [-0.4, -0.2) is 22.4 Å². The van der Waals surface area contributed by atoms with Gasteiger partial charge >= 0.3 is 5.97 Å². The number of unbranched alkanes of at least 4 members (excludes halogenated alkanes) is 2. The van der Waals surface area contributed by atoms with Gasteiger partial charge in [-0.2, -0.15) is 12.6 Å². The number of rotatable bonds is 9. The van der Waals surface area contributed by atoms with Crippen LogP contribution in [0.2, 0.25) is 0 Å². The number of aliphatic carboxylic acids is 1. The molecule has 2 atom stereocenters. The zero-order chi connectivity index (χ0) is 11.7. The molecule has 0 aliphatic rings. The van der Waals surface area contributed by atoms with Crippen LogP contribution in [0.4, 0.5) is 0 Å². The fourth-order valence-corrected chi connectivity index (χ4v) is 1.82. The van der Waals surface area contributed by atoms with E-state index in [2.05, 4.69) is 19.6 Å². The van der Waals surface area contributed by atoms with Crippen LogP contribution in [0.25, 0.3) is 0 Å². The molecule has 0 amide bonds. The molecule has 2 unspecified atom stereocenters. The van der Waals surface area contributed by atoms with Gasteiger partial charge in [0.2, 0.25) is 0 Å². The number of carbonyl (C=O) groups is 1. The highest BCUT2D eigenvalue weighted by molar-refractivity contribution is 7.80. The molecule has 0 spiro atoms. The van der Waals surface area contributed by atoms with Crippen LogP contribution in [0.15, 0.2) is 0 Å². The molecule has 0 aliphatic carbocycles. The molecule has 0 aromatic carbocycles. The molecule has 0 radical (unpaired) electrons. The third-order valence-electron chi connectivity index (χ3n) is 2.51. The van der Waals surface area contributed by atoms with Crippen molar-refractivity contribution in [2.45, 2.75) is 63.2 Å². The van der Waals surface area contributed by atoms with Gasteiger partial charge < -0.3 is 10.8 Å². The molecule has 0 rings (SSSR count). The first kappa shape index (κ1) is 14.8. The zero-order valence-corrected chi connectivity index (χ0v) is 10.4. The van der Waals surface area contributed by atoms with Gasteiger partial charge in [0.25, 0.3) is 0 Å². The lowest BCUT2D eigenvalue weighted by molar-refractivity contribution is -0.138. The average Bonchev–Trinajstić information content (AvgIpc) is 2.20. The van der Waals surface area contributed by atoms with E-state index in [9.17, 15) is 4.79 Å². The zero-order valence-electron chi connectivity index (χ0n) is 9.48. The third-order valence-corrected chi connectivity index (χ3v) is 3.03. The highest BCUT2D eigenvalue weighted by Gasteiger charge is 2.10. The molecule has 0 aromatic rings. The van der Waals surface area contributed by atoms with Crippen LogP contribution in [0.3, 0.4) is 0 Å². The van der Waals surface area contributed by atoms with Crippen molar-refractivity contribution >= 4 is 18.6 Å². The van der Waals surface area contributed by atoms with E-state index < -0.39 is 12.0 Å². The largest absolute Gasteiger partial charge is 0.480 e. The van der Waals surface area contributed by atoms with Crippen LogP contribution in [0.5, 0.6) is 0 Å². The number of hydrogen-bond acceptors (Lipinski definition) is 3. The Bertz CT molecular complexity index is 176. The van der Waals surface area contributed by atoms with Gasteiger partial charge in [-0.15, -0.1) is 0 Å². The summed E-state index contributed by atoms with van der Waals surface area (Å²) >= 11 is 4.48. The minimum absolute atomic E-state index is 0.464. The Kier molecular flexibility index (Phi) is 8.91. The Labute approximate surface area is 97.8 Å². The Hall–Kier alpha value is -0.220. The number of hydrogen-bond donors (Lipinski definition) is 3. The summed E-state index contributed by atoms with van der Waals surface area (Å²) in [4.78, 5) is 10.4. The molecule has 15 heavy (non-hydrogen) atoms. The maximum Gasteiger partial charge on any atom is 0.320 e. The molecule has 90 valence electrons. The summed E-state index contributed by atoms with van der Waals surface area (Å²) in [5, 5.41) is 9.03. The monoisotopic (exact) mass is 233 g/mol. The molecule has 4 heteroatoms. The van der Waals surface area contributed by atoms with Gasteiger partial charge in [0, 0.05) is 5.25 Å². The second-order valence-corrected chi connectivity index (χ2v) is 4.76. The van der Waals surface area contributed by atoms with Gasteiger partial charge in [0.1, 0.15) is 6.04 Å². The first-order valence-electron chi connectivity index (χ1n) is 5.74. The smallest absolute Gasteiger partial charge is 0.320 e. The van der Waals surface area contributed by atoms with Gasteiger partial charge in [-0.05, 0) is 19.3 Å². The number of thiol groups is 1. The van der Waals surface area contributed by atoms with E-state index in [0.29, 0.717) is 11.7 Å². The summed E-state index contributed by atoms with van der Waals surface area (Å²) < 4.78 is 0. The van der Waals surface area contributed by atoms with Crippen molar-refractivity contribution in [3.63, 3.8) is 0 Å². The van der Waals surface area contributed by atoms with Crippen molar-refractivity contribution in [1.82, 2.24) is 0 Å². The van der Waals surface area contributed by atoms with Crippen LogP contribution in [0, 0.1) is 0 Å².